The van der Waals surface area contributed by atoms with Crippen LogP contribution >= 0.6 is 24.8 Å². The van der Waals surface area contributed by atoms with Crippen LogP contribution in [0.4, 0.5) is 0 Å². The molecule has 27 heavy (non-hydrogen) atoms. The van der Waals surface area contributed by atoms with E-state index >= 15 is 0 Å². The van der Waals surface area contributed by atoms with E-state index in [4.69, 9.17) is 4.98 Å². The summed E-state index contributed by atoms with van der Waals surface area (Å²) < 4.78 is 1.93. The summed E-state index contributed by atoms with van der Waals surface area (Å²) in [6.45, 7) is 13.9. The van der Waals surface area contributed by atoms with Crippen molar-refractivity contribution in [2.45, 2.75) is 59.4 Å². The number of fused-ring (bicyclic) bond motifs is 1. The first kappa shape index (κ1) is 25.6. The molecule has 2 N–H and O–H groups in total. The predicted octanol–water partition coefficient (Wildman–Crippen LogP) is 3.80. The molecule has 0 aliphatic carbocycles. The highest BCUT2D eigenvalue weighted by Crippen LogP contribution is 2.28. The van der Waals surface area contributed by atoms with Gasteiger partial charge in [0.05, 0.1) is 22.2 Å². The first-order chi connectivity index (χ1) is 11.7. The molecule has 0 bridgehead atoms. The lowest BCUT2D eigenvalue weighted by Gasteiger charge is -2.20. The molecule has 0 spiro atoms. The van der Waals surface area contributed by atoms with Crippen molar-refractivity contribution in [2.24, 2.45) is 0 Å². The van der Waals surface area contributed by atoms with Gasteiger partial charge < -0.3 is 10.6 Å². The van der Waals surface area contributed by atoms with Crippen molar-refractivity contribution in [1.29, 1.82) is 0 Å². The van der Waals surface area contributed by atoms with E-state index in [9.17, 15) is 4.79 Å². The van der Waals surface area contributed by atoms with Crippen LogP contribution in [-0.2, 0) is 5.54 Å². The summed E-state index contributed by atoms with van der Waals surface area (Å²) in [6, 6.07) is 1.92. The molecule has 0 aliphatic heterocycles. The molecule has 0 aromatic carbocycles. The number of nitrogens with zero attached hydrogens (tertiary/aromatic N) is 3. The molecule has 2 heterocycles. The van der Waals surface area contributed by atoms with Gasteiger partial charge in [-0.05, 0) is 59.7 Å². The normalized spacial score (nSPS) is 11.3. The summed E-state index contributed by atoms with van der Waals surface area (Å²) in [5.74, 6) is 0.186. The van der Waals surface area contributed by atoms with Gasteiger partial charge in [-0.3, -0.25) is 4.79 Å². The van der Waals surface area contributed by atoms with Crippen LogP contribution in [0.5, 0.6) is 0 Å². The quantitative estimate of drug-likeness (QED) is 0.700. The molecule has 6 nitrogen and oxygen atoms in total. The van der Waals surface area contributed by atoms with Crippen molar-refractivity contribution in [3.8, 4) is 0 Å². The zero-order valence-corrected chi connectivity index (χ0v) is 19.0. The summed E-state index contributed by atoms with van der Waals surface area (Å²) >= 11 is 0. The minimum atomic E-state index is -0.199. The van der Waals surface area contributed by atoms with Gasteiger partial charge in [0, 0.05) is 12.2 Å². The van der Waals surface area contributed by atoms with Crippen molar-refractivity contribution in [1.82, 2.24) is 25.4 Å². The van der Waals surface area contributed by atoms with Crippen LogP contribution < -0.4 is 10.6 Å². The summed E-state index contributed by atoms with van der Waals surface area (Å²) in [4.78, 5) is 17.6. The molecule has 0 aliphatic rings. The number of hydrogen-bond donors (Lipinski definition) is 2. The zero-order valence-electron chi connectivity index (χ0n) is 17.3. The third-order valence-electron chi connectivity index (χ3n) is 4.19. The van der Waals surface area contributed by atoms with Gasteiger partial charge in [-0.1, -0.05) is 13.8 Å². The zero-order chi connectivity index (χ0) is 18.8. The van der Waals surface area contributed by atoms with Crippen molar-refractivity contribution in [3.05, 3.63) is 23.0 Å². The number of nitrogens with one attached hydrogen (secondary N) is 2. The predicted molar refractivity (Wildman–Crippen MR) is 117 cm³/mol. The molecule has 154 valence electrons. The first-order valence-corrected chi connectivity index (χ1v) is 9.00. The third-order valence-corrected chi connectivity index (χ3v) is 4.19. The van der Waals surface area contributed by atoms with Crippen LogP contribution in [0.15, 0.2) is 6.07 Å². The van der Waals surface area contributed by atoms with Gasteiger partial charge in [-0.15, -0.1) is 24.8 Å². The van der Waals surface area contributed by atoms with Crippen molar-refractivity contribution in [2.75, 3.05) is 20.1 Å². The molecular formula is C19H33Cl2N5O. The number of carbonyl (C=O) groups excluding carboxylic acids is 1. The van der Waals surface area contributed by atoms with E-state index < -0.39 is 0 Å². The van der Waals surface area contributed by atoms with Crippen molar-refractivity contribution >= 4 is 41.8 Å². The lowest BCUT2D eigenvalue weighted by Crippen LogP contribution is -2.27. The Balaban J connectivity index is 0.00000338. The minimum absolute atomic E-state index is 0. The lowest BCUT2D eigenvalue weighted by atomic mass is 10.0. The Morgan fingerprint density at radius 1 is 1.22 bits per heavy atom. The average Bonchev–Trinajstić information content (AvgIpc) is 2.88. The third kappa shape index (κ3) is 5.80. The highest BCUT2D eigenvalue weighted by atomic mass is 35.5. The van der Waals surface area contributed by atoms with Gasteiger partial charge in [0.25, 0.3) is 5.91 Å². The smallest absolute Gasteiger partial charge is 0.252 e. The molecule has 8 heteroatoms. The van der Waals surface area contributed by atoms with Crippen molar-refractivity contribution in [3.63, 3.8) is 0 Å². The number of amides is 1. The molecule has 0 saturated carbocycles. The summed E-state index contributed by atoms with van der Waals surface area (Å²) in [5.41, 5.74) is 3.02. The van der Waals surface area contributed by atoms with E-state index in [-0.39, 0.29) is 42.2 Å². The molecule has 1 amide bonds. The van der Waals surface area contributed by atoms with Crippen LogP contribution in [0, 0.1) is 6.92 Å². The van der Waals surface area contributed by atoms with E-state index in [1.54, 1.807) is 0 Å². The van der Waals surface area contributed by atoms with Gasteiger partial charge in [-0.25, -0.2) is 9.67 Å². The molecule has 0 atom stereocenters. The Hall–Kier alpha value is -1.37. The number of carbonyl (C=O) groups is 1. The van der Waals surface area contributed by atoms with Crippen LogP contribution in [0.2, 0.25) is 0 Å². The second-order valence-electron chi connectivity index (χ2n) is 7.83. The fraction of sp³-hybridized carbons (Fsp3) is 0.632. The van der Waals surface area contributed by atoms with Crippen LogP contribution in [0.3, 0.4) is 0 Å². The number of aryl methyl sites for hydroxylation is 1. The van der Waals surface area contributed by atoms with Crippen molar-refractivity contribution < 1.29 is 4.79 Å². The Kier molecular flexibility index (Phi) is 9.73. The molecule has 0 saturated heterocycles. The van der Waals surface area contributed by atoms with E-state index in [1.165, 1.54) is 0 Å². The van der Waals surface area contributed by atoms with Crippen LogP contribution in [0.25, 0.3) is 11.0 Å². The monoisotopic (exact) mass is 417 g/mol. The summed E-state index contributed by atoms with van der Waals surface area (Å²) in [7, 11) is 1.91. The fourth-order valence-electron chi connectivity index (χ4n) is 2.81. The number of aromatic nitrogens is 3. The largest absolute Gasteiger partial charge is 0.352 e. The highest BCUT2D eigenvalue weighted by Gasteiger charge is 2.25. The topological polar surface area (TPSA) is 71.8 Å². The number of pyridine rings is 1. The van der Waals surface area contributed by atoms with E-state index in [0.717, 1.165) is 35.4 Å². The highest BCUT2D eigenvalue weighted by molar-refractivity contribution is 6.06. The Bertz CT molecular complexity index is 766. The van der Waals surface area contributed by atoms with Gasteiger partial charge in [-0.2, -0.15) is 5.10 Å². The maximum atomic E-state index is 12.8. The van der Waals surface area contributed by atoms with E-state index in [2.05, 4.69) is 50.4 Å². The first-order valence-electron chi connectivity index (χ1n) is 9.00. The summed E-state index contributed by atoms with van der Waals surface area (Å²) in [6.07, 6.45) is 0.897. The molecule has 0 unspecified atom stereocenters. The summed E-state index contributed by atoms with van der Waals surface area (Å²) in [5, 5.41) is 11.6. The second kappa shape index (κ2) is 10.2. The molecule has 2 aromatic rings. The number of rotatable bonds is 6. The van der Waals surface area contributed by atoms with E-state index in [1.807, 2.05) is 24.7 Å². The molecule has 0 radical (unpaired) electrons. The van der Waals surface area contributed by atoms with Gasteiger partial charge in [0.1, 0.15) is 0 Å². The molecule has 2 aromatic heterocycles. The maximum Gasteiger partial charge on any atom is 0.252 e. The molecule has 2 rings (SSSR count). The molecular weight excluding hydrogens is 385 g/mol. The van der Waals surface area contributed by atoms with Gasteiger partial charge in [0.2, 0.25) is 0 Å². The number of hydrogen-bond acceptors (Lipinski definition) is 4. The van der Waals surface area contributed by atoms with Gasteiger partial charge >= 0.3 is 0 Å². The van der Waals surface area contributed by atoms with Crippen LogP contribution in [-0.4, -0.2) is 40.8 Å². The average molecular weight is 418 g/mol. The second-order valence-corrected chi connectivity index (χ2v) is 7.83. The molecule has 0 fully saturated rings. The van der Waals surface area contributed by atoms with Crippen LogP contribution in [0.1, 0.15) is 68.7 Å². The van der Waals surface area contributed by atoms with E-state index in [0.29, 0.717) is 12.1 Å². The standard InChI is InChI=1S/C19H31N5O.2ClH/c1-12(2)15-11-14(18(25)21-10-8-9-20-7)16-13(3)23-24(17(16)22-15)19(4,5)6;;/h11-12,20H,8-10H2,1-7H3,(H,21,25);2*1H. The lowest BCUT2D eigenvalue weighted by molar-refractivity contribution is 0.0954. The number of halogens is 2. The SMILES string of the molecule is CNCCCNC(=O)c1cc(C(C)C)nc2c1c(C)nn2C(C)(C)C.Cl.Cl. The van der Waals surface area contributed by atoms with Gasteiger partial charge in [0.15, 0.2) is 5.65 Å². The Morgan fingerprint density at radius 3 is 2.37 bits per heavy atom. The minimum Gasteiger partial charge on any atom is -0.352 e. The Labute approximate surface area is 174 Å². The Morgan fingerprint density at radius 2 is 1.85 bits per heavy atom. The maximum absolute atomic E-state index is 12.8. The fourth-order valence-corrected chi connectivity index (χ4v) is 2.81.